The molecule has 1 aliphatic heterocycles. The molecule has 0 aliphatic carbocycles. The van der Waals surface area contributed by atoms with Crippen LogP contribution in [0.25, 0.3) is 0 Å². The van der Waals surface area contributed by atoms with E-state index in [0.29, 0.717) is 42.2 Å². The molecule has 2 aromatic rings. The quantitative estimate of drug-likeness (QED) is 0.800. The zero-order chi connectivity index (χ0) is 19.8. The fourth-order valence-electron chi connectivity index (χ4n) is 3.51. The van der Waals surface area contributed by atoms with E-state index in [9.17, 15) is 13.2 Å². The Morgan fingerprint density at radius 3 is 2.48 bits per heavy atom. The van der Waals surface area contributed by atoms with Crippen molar-refractivity contribution in [2.75, 3.05) is 19.3 Å². The van der Waals surface area contributed by atoms with Crippen molar-refractivity contribution in [3.05, 3.63) is 41.5 Å². The molecule has 1 amide bonds. The van der Waals surface area contributed by atoms with Gasteiger partial charge in [0.25, 0.3) is 5.91 Å². The fourth-order valence-corrected chi connectivity index (χ4v) is 4.44. The number of likely N-dealkylation sites (tertiary alicyclic amines) is 1. The van der Waals surface area contributed by atoms with Gasteiger partial charge in [0.15, 0.2) is 9.84 Å². The van der Waals surface area contributed by atoms with Gasteiger partial charge in [0.1, 0.15) is 5.69 Å². The molecule has 8 heteroatoms. The number of carbonyl (C=O) groups excluding carboxylic acids is 1. The lowest BCUT2D eigenvalue weighted by Crippen LogP contribution is -2.39. The second-order valence-corrected chi connectivity index (χ2v) is 9.44. The van der Waals surface area contributed by atoms with Gasteiger partial charge >= 0.3 is 0 Å². The van der Waals surface area contributed by atoms with Crippen LogP contribution >= 0.6 is 0 Å². The third-order valence-corrected chi connectivity index (χ3v) is 6.22. The highest BCUT2D eigenvalue weighted by Crippen LogP contribution is 2.31. The summed E-state index contributed by atoms with van der Waals surface area (Å²) in [7, 11) is -1.53. The van der Waals surface area contributed by atoms with Crippen molar-refractivity contribution in [3.63, 3.8) is 0 Å². The molecule has 1 fully saturated rings. The Bertz CT molecular complexity index is 942. The molecule has 0 spiro atoms. The maximum absolute atomic E-state index is 12.9. The van der Waals surface area contributed by atoms with E-state index in [2.05, 4.69) is 10.1 Å². The Hall–Kier alpha value is -2.22. The molecule has 2 aromatic heterocycles. The van der Waals surface area contributed by atoms with E-state index in [-0.39, 0.29) is 17.7 Å². The highest BCUT2D eigenvalue weighted by atomic mass is 32.2. The lowest BCUT2D eigenvalue weighted by molar-refractivity contribution is 0.0700. The van der Waals surface area contributed by atoms with Crippen LogP contribution in [0.15, 0.2) is 29.3 Å². The predicted molar refractivity (Wildman–Crippen MR) is 103 cm³/mol. The molecule has 3 rings (SSSR count). The minimum absolute atomic E-state index is 0.0280. The summed E-state index contributed by atoms with van der Waals surface area (Å²) in [6.45, 7) is 5.25. The maximum atomic E-state index is 12.9. The molecule has 0 radical (unpaired) electrons. The van der Waals surface area contributed by atoms with E-state index in [1.807, 2.05) is 24.8 Å². The Balaban J connectivity index is 1.74. The summed E-state index contributed by atoms with van der Waals surface area (Å²) in [4.78, 5) is 19.3. The van der Waals surface area contributed by atoms with Crippen LogP contribution < -0.4 is 0 Å². The van der Waals surface area contributed by atoms with Gasteiger partial charge in [-0.1, -0.05) is 13.8 Å². The first-order valence-corrected chi connectivity index (χ1v) is 11.1. The lowest BCUT2D eigenvalue weighted by Gasteiger charge is -2.32. The van der Waals surface area contributed by atoms with E-state index < -0.39 is 9.84 Å². The molecular weight excluding hydrogens is 364 g/mol. The third-order valence-electron chi connectivity index (χ3n) is 5.08. The molecule has 0 bridgehead atoms. The number of amides is 1. The summed E-state index contributed by atoms with van der Waals surface area (Å²) >= 11 is 0. The second-order valence-electron chi connectivity index (χ2n) is 7.46. The average Bonchev–Trinajstić information content (AvgIpc) is 3.03. The number of hydrogen-bond donors (Lipinski definition) is 0. The van der Waals surface area contributed by atoms with Crippen LogP contribution in [0.5, 0.6) is 0 Å². The van der Waals surface area contributed by atoms with E-state index >= 15 is 0 Å². The van der Waals surface area contributed by atoms with Gasteiger partial charge in [-0.2, -0.15) is 5.10 Å². The minimum Gasteiger partial charge on any atom is -0.337 e. The first-order chi connectivity index (χ1) is 12.7. The maximum Gasteiger partial charge on any atom is 0.272 e. The normalized spacial score (nSPS) is 16.1. The van der Waals surface area contributed by atoms with Gasteiger partial charge in [-0.3, -0.25) is 14.5 Å². The van der Waals surface area contributed by atoms with Gasteiger partial charge in [0.05, 0.1) is 16.3 Å². The summed E-state index contributed by atoms with van der Waals surface area (Å²) in [6.07, 6.45) is 4.23. The van der Waals surface area contributed by atoms with Gasteiger partial charge < -0.3 is 4.90 Å². The molecule has 1 saturated heterocycles. The zero-order valence-electron chi connectivity index (χ0n) is 16.2. The number of piperidine rings is 1. The molecule has 0 N–H and O–H groups in total. The fraction of sp³-hybridized carbons (Fsp3) is 0.526. The molecule has 0 unspecified atom stereocenters. The summed E-state index contributed by atoms with van der Waals surface area (Å²) in [5.74, 6) is 0.277. The van der Waals surface area contributed by atoms with Crippen LogP contribution in [0.1, 0.15) is 60.4 Å². The van der Waals surface area contributed by atoms with E-state index in [1.54, 1.807) is 30.1 Å². The number of aromatic nitrogens is 3. The SMILES string of the molecule is CC(C)c1cc(C(=O)N2CCC(c3ncccc3S(C)(=O)=O)CC2)n(C)n1. The van der Waals surface area contributed by atoms with Crippen molar-refractivity contribution in [2.24, 2.45) is 7.05 Å². The molecule has 1 aliphatic rings. The summed E-state index contributed by atoms with van der Waals surface area (Å²) in [6, 6.07) is 5.12. The van der Waals surface area contributed by atoms with Gasteiger partial charge in [-0.25, -0.2) is 8.42 Å². The number of rotatable bonds is 4. The smallest absolute Gasteiger partial charge is 0.272 e. The summed E-state index contributed by atoms with van der Waals surface area (Å²) in [5.41, 5.74) is 2.11. The van der Waals surface area contributed by atoms with Crippen LogP contribution in [0.3, 0.4) is 0 Å². The Morgan fingerprint density at radius 2 is 1.93 bits per heavy atom. The number of carbonyl (C=O) groups is 1. The van der Waals surface area contributed by atoms with Crippen LogP contribution in [-0.2, 0) is 16.9 Å². The van der Waals surface area contributed by atoms with Gasteiger partial charge in [-0.05, 0) is 37.0 Å². The number of sulfone groups is 1. The van der Waals surface area contributed by atoms with Crippen LogP contribution in [-0.4, -0.2) is 53.3 Å². The van der Waals surface area contributed by atoms with Crippen molar-refractivity contribution in [2.45, 2.75) is 43.4 Å². The van der Waals surface area contributed by atoms with Crippen LogP contribution in [0, 0.1) is 0 Å². The van der Waals surface area contributed by atoms with Crippen LogP contribution in [0.4, 0.5) is 0 Å². The Kier molecular flexibility index (Phi) is 5.37. The highest BCUT2D eigenvalue weighted by Gasteiger charge is 2.29. The standard InChI is InChI=1S/C19H26N4O3S/c1-13(2)15-12-16(22(3)21-15)19(24)23-10-7-14(8-11-23)18-17(27(4,25)26)6-5-9-20-18/h5-6,9,12-14H,7-8,10-11H2,1-4H3. The molecule has 7 nitrogen and oxygen atoms in total. The summed E-state index contributed by atoms with van der Waals surface area (Å²) < 4.78 is 25.7. The van der Waals surface area contributed by atoms with Crippen molar-refractivity contribution in [1.82, 2.24) is 19.7 Å². The van der Waals surface area contributed by atoms with E-state index in [0.717, 1.165) is 5.69 Å². The average molecular weight is 391 g/mol. The van der Waals surface area contributed by atoms with Gasteiger partial charge in [0.2, 0.25) is 0 Å². The van der Waals surface area contributed by atoms with E-state index in [1.165, 1.54) is 6.26 Å². The van der Waals surface area contributed by atoms with Crippen LogP contribution in [0.2, 0.25) is 0 Å². The number of nitrogens with zero attached hydrogens (tertiary/aromatic N) is 4. The molecule has 0 saturated carbocycles. The minimum atomic E-state index is -3.32. The van der Waals surface area contributed by atoms with Crippen molar-refractivity contribution in [1.29, 1.82) is 0 Å². The zero-order valence-corrected chi connectivity index (χ0v) is 17.0. The summed E-state index contributed by atoms with van der Waals surface area (Å²) in [5, 5.41) is 4.42. The number of pyridine rings is 1. The Labute approximate surface area is 160 Å². The molecule has 27 heavy (non-hydrogen) atoms. The molecule has 146 valence electrons. The van der Waals surface area contributed by atoms with E-state index in [4.69, 9.17) is 0 Å². The molecule has 3 heterocycles. The van der Waals surface area contributed by atoms with Crippen molar-refractivity contribution in [3.8, 4) is 0 Å². The topological polar surface area (TPSA) is 85.2 Å². The van der Waals surface area contributed by atoms with Crippen molar-refractivity contribution < 1.29 is 13.2 Å². The lowest BCUT2D eigenvalue weighted by atomic mass is 9.93. The third kappa shape index (κ3) is 4.05. The first kappa shape index (κ1) is 19.5. The van der Waals surface area contributed by atoms with Gasteiger partial charge in [0, 0.05) is 38.5 Å². The second kappa shape index (κ2) is 7.42. The monoisotopic (exact) mass is 390 g/mol. The molecule has 0 aromatic carbocycles. The van der Waals surface area contributed by atoms with Gasteiger partial charge in [-0.15, -0.1) is 0 Å². The number of aryl methyl sites for hydroxylation is 1. The Morgan fingerprint density at radius 1 is 1.26 bits per heavy atom. The predicted octanol–water partition coefficient (Wildman–Crippen LogP) is 2.36. The molecular formula is C19H26N4O3S. The number of hydrogen-bond acceptors (Lipinski definition) is 5. The molecule has 0 atom stereocenters. The van der Waals surface area contributed by atoms with Crippen molar-refractivity contribution >= 4 is 15.7 Å². The largest absolute Gasteiger partial charge is 0.337 e. The highest BCUT2D eigenvalue weighted by molar-refractivity contribution is 7.90. The first-order valence-electron chi connectivity index (χ1n) is 9.16.